The number of rotatable bonds is 1. The topological polar surface area (TPSA) is 83.6 Å². The number of carbonyl (C=O) groups is 2. The maximum atomic E-state index is 11.3. The summed E-state index contributed by atoms with van der Waals surface area (Å²) in [5, 5.41) is 2.65. The van der Waals surface area contributed by atoms with E-state index in [0.29, 0.717) is 0 Å². The third-order valence-corrected chi connectivity index (χ3v) is 4.13. The zero-order valence-corrected chi connectivity index (χ0v) is 8.21. The second-order valence-electron chi connectivity index (χ2n) is 3.49. The van der Waals surface area contributed by atoms with Gasteiger partial charge in [-0.1, -0.05) is 0 Å². The summed E-state index contributed by atoms with van der Waals surface area (Å²) in [4.78, 5) is 23.7. The van der Waals surface area contributed by atoms with E-state index in [1.165, 1.54) is 0 Å². The maximum absolute atomic E-state index is 11.3. The van der Waals surface area contributed by atoms with Crippen molar-refractivity contribution in [3.05, 3.63) is 0 Å². The van der Waals surface area contributed by atoms with Crippen LogP contribution in [0.3, 0.4) is 0 Å². The molecule has 14 heavy (non-hydrogen) atoms. The number of hydrogen-bond acceptors (Lipinski definition) is 5. The van der Waals surface area contributed by atoms with Crippen LogP contribution in [0.2, 0.25) is 0 Å². The molecule has 2 aliphatic heterocycles. The molecule has 2 heterocycles. The Hall–Kier alpha value is -0.950. The summed E-state index contributed by atoms with van der Waals surface area (Å²) in [6, 6.07) is -0.429. The van der Waals surface area contributed by atoms with Crippen LogP contribution in [0.4, 0.5) is 0 Å². The molecule has 0 aliphatic carbocycles. The minimum absolute atomic E-state index is 0.0789. The summed E-state index contributed by atoms with van der Waals surface area (Å²) in [5.41, 5.74) is 0. The van der Waals surface area contributed by atoms with Crippen LogP contribution in [0.15, 0.2) is 0 Å². The maximum Gasteiger partial charge on any atom is 0.243 e. The Bertz CT molecular complexity index is 360. The summed E-state index contributed by atoms with van der Waals surface area (Å²) < 4.78 is 21.8. The van der Waals surface area contributed by atoms with E-state index in [2.05, 4.69) is 5.32 Å². The number of hydrogen-bond donors (Lipinski definition) is 1. The molecule has 0 radical (unpaired) electrons. The Morgan fingerprint density at radius 1 is 1.14 bits per heavy atom. The van der Waals surface area contributed by atoms with Crippen molar-refractivity contribution in [2.75, 3.05) is 24.6 Å². The molecule has 0 unspecified atom stereocenters. The number of amides is 2. The molecular weight excluding hydrogens is 208 g/mol. The van der Waals surface area contributed by atoms with E-state index in [-0.39, 0.29) is 36.4 Å². The first-order valence-corrected chi connectivity index (χ1v) is 6.08. The average molecular weight is 218 g/mol. The third kappa shape index (κ3) is 1.53. The standard InChI is InChI=1S/C7H10N2O4S/c10-6-1-8-2-7(11)9(6)5-3-14(12,13)4-5/h5,8H,1-4H2. The fourth-order valence-electron chi connectivity index (χ4n) is 1.68. The summed E-state index contributed by atoms with van der Waals surface area (Å²) in [7, 11) is -2.99. The summed E-state index contributed by atoms with van der Waals surface area (Å²) in [5.74, 6) is -0.822. The van der Waals surface area contributed by atoms with Crippen molar-refractivity contribution in [3.8, 4) is 0 Å². The van der Waals surface area contributed by atoms with Crippen molar-refractivity contribution < 1.29 is 18.0 Å². The van der Waals surface area contributed by atoms with E-state index in [9.17, 15) is 18.0 Å². The van der Waals surface area contributed by atoms with Crippen LogP contribution >= 0.6 is 0 Å². The number of nitrogens with one attached hydrogen (secondary N) is 1. The molecule has 2 amide bonds. The van der Waals surface area contributed by atoms with Gasteiger partial charge in [0.2, 0.25) is 11.8 Å². The number of carbonyl (C=O) groups excluding carboxylic acids is 2. The van der Waals surface area contributed by atoms with Crippen molar-refractivity contribution in [1.82, 2.24) is 10.2 Å². The van der Waals surface area contributed by atoms with E-state index < -0.39 is 15.9 Å². The van der Waals surface area contributed by atoms with E-state index in [0.717, 1.165) is 4.90 Å². The highest BCUT2D eigenvalue weighted by Gasteiger charge is 2.43. The highest BCUT2D eigenvalue weighted by atomic mass is 32.2. The Kier molecular flexibility index (Phi) is 2.07. The average Bonchev–Trinajstić information content (AvgIpc) is 2.00. The van der Waals surface area contributed by atoms with Gasteiger partial charge >= 0.3 is 0 Å². The first kappa shape index (κ1) is 9.60. The highest BCUT2D eigenvalue weighted by Crippen LogP contribution is 2.18. The van der Waals surface area contributed by atoms with E-state index in [1.807, 2.05) is 0 Å². The Morgan fingerprint density at radius 3 is 2.07 bits per heavy atom. The predicted molar refractivity (Wildman–Crippen MR) is 47.2 cm³/mol. The SMILES string of the molecule is O=C1CNCC(=O)N1C1CS(=O)(=O)C1. The molecule has 2 fully saturated rings. The van der Waals surface area contributed by atoms with Gasteiger partial charge in [-0.2, -0.15) is 0 Å². The molecule has 0 aromatic heterocycles. The van der Waals surface area contributed by atoms with Gasteiger partial charge in [0, 0.05) is 0 Å². The van der Waals surface area contributed by atoms with Gasteiger partial charge in [-0.25, -0.2) is 8.42 Å². The van der Waals surface area contributed by atoms with Crippen LogP contribution in [-0.2, 0) is 19.4 Å². The van der Waals surface area contributed by atoms with E-state index in [4.69, 9.17) is 0 Å². The first-order chi connectivity index (χ1) is 6.49. The van der Waals surface area contributed by atoms with Crippen LogP contribution < -0.4 is 5.32 Å². The van der Waals surface area contributed by atoms with Gasteiger partial charge in [0.05, 0.1) is 30.6 Å². The molecule has 0 saturated carbocycles. The summed E-state index contributed by atoms with van der Waals surface area (Å²) >= 11 is 0. The van der Waals surface area contributed by atoms with Gasteiger partial charge in [0.25, 0.3) is 0 Å². The van der Waals surface area contributed by atoms with Gasteiger partial charge in [-0.15, -0.1) is 0 Å². The molecule has 2 saturated heterocycles. The molecule has 78 valence electrons. The van der Waals surface area contributed by atoms with Crippen molar-refractivity contribution in [1.29, 1.82) is 0 Å². The lowest BCUT2D eigenvalue weighted by molar-refractivity contribution is -0.148. The van der Waals surface area contributed by atoms with Crippen LogP contribution in [0.25, 0.3) is 0 Å². The summed E-state index contributed by atoms with van der Waals surface area (Å²) in [6.07, 6.45) is 0. The molecule has 1 N–H and O–H groups in total. The van der Waals surface area contributed by atoms with Gasteiger partial charge < -0.3 is 0 Å². The third-order valence-electron chi connectivity index (χ3n) is 2.35. The lowest BCUT2D eigenvalue weighted by Gasteiger charge is -2.37. The van der Waals surface area contributed by atoms with Crippen LogP contribution in [-0.4, -0.2) is 55.8 Å². The second-order valence-corrected chi connectivity index (χ2v) is 5.65. The minimum Gasteiger partial charge on any atom is -0.300 e. The predicted octanol–water partition coefficient (Wildman–Crippen LogP) is -2.26. The molecule has 6 nitrogen and oxygen atoms in total. The van der Waals surface area contributed by atoms with Gasteiger partial charge in [0.15, 0.2) is 9.84 Å². The molecule has 7 heteroatoms. The van der Waals surface area contributed by atoms with Crippen molar-refractivity contribution in [2.24, 2.45) is 0 Å². The smallest absolute Gasteiger partial charge is 0.243 e. The van der Waals surface area contributed by atoms with Crippen molar-refractivity contribution in [3.63, 3.8) is 0 Å². The van der Waals surface area contributed by atoms with Crippen molar-refractivity contribution >= 4 is 21.7 Å². The normalized spacial score (nSPS) is 27.6. The van der Waals surface area contributed by atoms with Crippen LogP contribution in [0.1, 0.15) is 0 Å². The number of nitrogens with zero attached hydrogens (tertiary/aromatic N) is 1. The molecule has 2 aliphatic rings. The molecule has 0 aromatic carbocycles. The lowest BCUT2D eigenvalue weighted by atomic mass is 10.2. The van der Waals surface area contributed by atoms with E-state index in [1.54, 1.807) is 0 Å². The van der Waals surface area contributed by atoms with E-state index >= 15 is 0 Å². The van der Waals surface area contributed by atoms with Gasteiger partial charge in [0.1, 0.15) is 0 Å². The largest absolute Gasteiger partial charge is 0.300 e. The fourth-order valence-corrected chi connectivity index (χ4v) is 3.05. The van der Waals surface area contributed by atoms with Gasteiger partial charge in [-0.3, -0.25) is 19.8 Å². The Labute approximate surface area is 81.2 Å². The zero-order chi connectivity index (χ0) is 10.3. The molecule has 0 aromatic rings. The van der Waals surface area contributed by atoms with Crippen LogP contribution in [0, 0.1) is 0 Å². The number of imide groups is 1. The fraction of sp³-hybridized carbons (Fsp3) is 0.714. The Balaban J connectivity index is 2.10. The molecule has 0 bridgehead atoms. The highest BCUT2D eigenvalue weighted by molar-refractivity contribution is 7.92. The molecule has 0 spiro atoms. The molecule has 0 atom stereocenters. The van der Waals surface area contributed by atoms with Gasteiger partial charge in [-0.05, 0) is 0 Å². The second kappa shape index (κ2) is 3.03. The monoisotopic (exact) mass is 218 g/mol. The molecular formula is C7H10N2O4S. The minimum atomic E-state index is -2.99. The number of sulfone groups is 1. The number of piperazine rings is 1. The quantitative estimate of drug-likeness (QED) is 0.502. The summed E-state index contributed by atoms with van der Waals surface area (Å²) in [6.45, 7) is 0.227. The van der Waals surface area contributed by atoms with Crippen molar-refractivity contribution in [2.45, 2.75) is 6.04 Å². The molecule has 2 rings (SSSR count). The lowest BCUT2D eigenvalue weighted by Crippen LogP contribution is -2.63. The zero-order valence-electron chi connectivity index (χ0n) is 7.39. The Morgan fingerprint density at radius 2 is 1.64 bits per heavy atom. The van der Waals surface area contributed by atoms with Crippen LogP contribution in [0.5, 0.6) is 0 Å². The first-order valence-electron chi connectivity index (χ1n) is 4.26.